The van der Waals surface area contributed by atoms with Crippen molar-refractivity contribution in [2.75, 3.05) is 26.8 Å². The van der Waals surface area contributed by atoms with E-state index in [1.807, 2.05) is 0 Å². The molecule has 0 unspecified atom stereocenters. The number of nitrogens with one attached hydrogen (secondary N) is 1. The van der Waals surface area contributed by atoms with Crippen molar-refractivity contribution in [3.63, 3.8) is 0 Å². The summed E-state index contributed by atoms with van der Waals surface area (Å²) in [6.45, 7) is 1.54. The van der Waals surface area contributed by atoms with E-state index in [1.54, 1.807) is 25.4 Å². The summed E-state index contributed by atoms with van der Waals surface area (Å²) in [5, 5.41) is 2.75. The third-order valence-electron chi connectivity index (χ3n) is 2.07. The number of pyridine rings is 1. The maximum absolute atomic E-state index is 11.7. The van der Waals surface area contributed by atoms with Gasteiger partial charge >= 0.3 is 0 Å². The molecule has 1 aromatic heterocycles. The first-order valence-electron chi connectivity index (χ1n) is 5.20. The van der Waals surface area contributed by atoms with Crippen LogP contribution in [0.3, 0.4) is 0 Å². The molecule has 0 atom stereocenters. The average Bonchev–Trinajstić information content (AvgIpc) is 2.30. The lowest BCUT2D eigenvalue weighted by atomic mass is 10.2. The Morgan fingerprint density at radius 3 is 3.12 bits per heavy atom. The molecule has 0 fully saturated rings. The van der Waals surface area contributed by atoms with Crippen molar-refractivity contribution < 1.29 is 9.53 Å². The number of aromatic nitrogens is 1. The zero-order chi connectivity index (χ0) is 11.8. The molecule has 0 saturated heterocycles. The normalized spacial score (nSPS) is 10.1. The van der Waals surface area contributed by atoms with E-state index < -0.39 is 0 Å². The summed E-state index contributed by atoms with van der Waals surface area (Å²) in [5.41, 5.74) is 6.87. The van der Waals surface area contributed by atoms with Gasteiger partial charge in [-0.2, -0.15) is 0 Å². The molecule has 5 nitrogen and oxygen atoms in total. The fraction of sp³-hybridized carbons (Fsp3) is 0.455. The van der Waals surface area contributed by atoms with E-state index in [2.05, 4.69) is 10.3 Å². The molecular formula is C11H17N3O2. The van der Waals surface area contributed by atoms with Gasteiger partial charge in [-0.3, -0.25) is 9.78 Å². The zero-order valence-corrected chi connectivity index (χ0v) is 9.40. The maximum atomic E-state index is 11.7. The first kappa shape index (κ1) is 12.6. The monoisotopic (exact) mass is 223 g/mol. The van der Waals surface area contributed by atoms with Crippen molar-refractivity contribution in [3.05, 3.63) is 29.6 Å². The number of nitrogens with zero attached hydrogens (tertiary/aromatic N) is 1. The minimum atomic E-state index is -0.113. The second-order valence-electron chi connectivity index (χ2n) is 3.32. The molecule has 0 aromatic carbocycles. The number of ether oxygens (including phenoxy) is 1. The van der Waals surface area contributed by atoms with Crippen molar-refractivity contribution in [3.8, 4) is 0 Å². The van der Waals surface area contributed by atoms with Gasteiger partial charge in [0.1, 0.15) is 0 Å². The molecule has 1 amide bonds. The molecule has 16 heavy (non-hydrogen) atoms. The molecule has 0 radical (unpaired) electrons. The predicted octanol–water partition coefficient (Wildman–Crippen LogP) is -0.0410. The summed E-state index contributed by atoms with van der Waals surface area (Å²) in [7, 11) is 1.60. The lowest BCUT2D eigenvalue weighted by molar-refractivity contribution is 0.0937. The Bertz CT molecular complexity index is 342. The van der Waals surface area contributed by atoms with Crippen LogP contribution in [0.15, 0.2) is 18.3 Å². The first-order valence-corrected chi connectivity index (χ1v) is 5.20. The van der Waals surface area contributed by atoms with Crippen LogP contribution in [0.1, 0.15) is 16.1 Å². The summed E-state index contributed by atoms with van der Waals surface area (Å²) in [6, 6.07) is 3.44. The van der Waals surface area contributed by atoms with Crippen molar-refractivity contribution in [2.24, 2.45) is 5.73 Å². The number of methoxy groups -OCH3 is 1. The highest BCUT2D eigenvalue weighted by atomic mass is 16.5. The Kier molecular flexibility index (Phi) is 5.45. The van der Waals surface area contributed by atoms with E-state index in [-0.39, 0.29) is 5.91 Å². The van der Waals surface area contributed by atoms with Gasteiger partial charge in [-0.05, 0) is 18.7 Å². The second-order valence-corrected chi connectivity index (χ2v) is 3.32. The Morgan fingerprint density at radius 2 is 2.44 bits per heavy atom. The number of amides is 1. The minimum absolute atomic E-state index is 0.113. The smallest absolute Gasteiger partial charge is 0.251 e. The summed E-state index contributed by atoms with van der Waals surface area (Å²) < 4.78 is 4.85. The van der Waals surface area contributed by atoms with Gasteiger partial charge < -0.3 is 15.8 Å². The van der Waals surface area contributed by atoms with Crippen LogP contribution in [0.4, 0.5) is 0 Å². The van der Waals surface area contributed by atoms with Crippen LogP contribution in [0.5, 0.6) is 0 Å². The fourth-order valence-corrected chi connectivity index (χ4v) is 1.27. The third-order valence-corrected chi connectivity index (χ3v) is 2.07. The van der Waals surface area contributed by atoms with E-state index in [0.717, 1.165) is 5.69 Å². The Balaban J connectivity index is 2.57. The minimum Gasteiger partial charge on any atom is -0.383 e. The van der Waals surface area contributed by atoms with Crippen LogP contribution in [-0.4, -0.2) is 37.7 Å². The molecule has 0 aliphatic rings. The number of hydrogen-bond donors (Lipinski definition) is 2. The molecule has 1 aromatic rings. The predicted molar refractivity (Wildman–Crippen MR) is 61.2 cm³/mol. The highest BCUT2D eigenvalue weighted by molar-refractivity contribution is 5.94. The Morgan fingerprint density at radius 1 is 1.62 bits per heavy atom. The molecule has 0 spiro atoms. The molecule has 1 rings (SSSR count). The van der Waals surface area contributed by atoms with Crippen molar-refractivity contribution in [2.45, 2.75) is 6.42 Å². The SMILES string of the molecule is COCCNC(=O)c1ccnc(CCN)c1. The molecule has 0 bridgehead atoms. The summed E-state index contributed by atoms with van der Waals surface area (Å²) in [4.78, 5) is 15.8. The summed E-state index contributed by atoms with van der Waals surface area (Å²) in [6.07, 6.45) is 2.30. The van der Waals surface area contributed by atoms with Gasteiger partial charge in [-0.15, -0.1) is 0 Å². The largest absolute Gasteiger partial charge is 0.383 e. The van der Waals surface area contributed by atoms with E-state index in [9.17, 15) is 4.79 Å². The summed E-state index contributed by atoms with van der Waals surface area (Å²) in [5.74, 6) is -0.113. The second kappa shape index (κ2) is 6.92. The highest BCUT2D eigenvalue weighted by Crippen LogP contribution is 2.02. The van der Waals surface area contributed by atoms with Gasteiger partial charge in [0.15, 0.2) is 0 Å². The van der Waals surface area contributed by atoms with Gasteiger partial charge in [-0.1, -0.05) is 0 Å². The molecule has 1 heterocycles. The van der Waals surface area contributed by atoms with Crippen LogP contribution in [-0.2, 0) is 11.2 Å². The summed E-state index contributed by atoms with van der Waals surface area (Å²) >= 11 is 0. The standard InChI is InChI=1S/C11H17N3O2/c1-16-7-6-14-11(15)9-3-5-13-10(8-9)2-4-12/h3,5,8H,2,4,6-7,12H2,1H3,(H,14,15). The fourth-order valence-electron chi connectivity index (χ4n) is 1.27. The van der Waals surface area contributed by atoms with Gasteiger partial charge in [0.2, 0.25) is 0 Å². The van der Waals surface area contributed by atoms with Gasteiger partial charge in [0.05, 0.1) is 6.61 Å². The molecule has 3 N–H and O–H groups in total. The maximum Gasteiger partial charge on any atom is 0.251 e. The molecule has 0 saturated carbocycles. The Labute approximate surface area is 95.0 Å². The molecule has 88 valence electrons. The van der Waals surface area contributed by atoms with Crippen LogP contribution in [0.25, 0.3) is 0 Å². The molecule has 5 heteroatoms. The van der Waals surface area contributed by atoms with Crippen LogP contribution in [0, 0.1) is 0 Å². The van der Waals surface area contributed by atoms with Gasteiger partial charge in [-0.25, -0.2) is 0 Å². The Hall–Kier alpha value is -1.46. The molecular weight excluding hydrogens is 206 g/mol. The average molecular weight is 223 g/mol. The number of carbonyl (C=O) groups is 1. The molecule has 0 aliphatic carbocycles. The first-order chi connectivity index (χ1) is 7.77. The lowest BCUT2D eigenvalue weighted by Crippen LogP contribution is -2.27. The number of rotatable bonds is 6. The number of hydrogen-bond acceptors (Lipinski definition) is 4. The van der Waals surface area contributed by atoms with Crippen LogP contribution in [0.2, 0.25) is 0 Å². The van der Waals surface area contributed by atoms with Crippen molar-refractivity contribution in [1.82, 2.24) is 10.3 Å². The van der Waals surface area contributed by atoms with E-state index in [4.69, 9.17) is 10.5 Å². The van der Waals surface area contributed by atoms with E-state index >= 15 is 0 Å². The zero-order valence-electron chi connectivity index (χ0n) is 9.40. The highest BCUT2D eigenvalue weighted by Gasteiger charge is 2.05. The number of nitrogens with two attached hydrogens (primary N) is 1. The molecule has 0 aliphatic heterocycles. The number of carbonyl (C=O) groups excluding carboxylic acids is 1. The van der Waals surface area contributed by atoms with Crippen molar-refractivity contribution >= 4 is 5.91 Å². The van der Waals surface area contributed by atoms with Gasteiger partial charge in [0, 0.05) is 37.5 Å². The van der Waals surface area contributed by atoms with Crippen LogP contribution >= 0.6 is 0 Å². The van der Waals surface area contributed by atoms with Crippen LogP contribution < -0.4 is 11.1 Å². The van der Waals surface area contributed by atoms with E-state index in [1.165, 1.54) is 0 Å². The lowest BCUT2D eigenvalue weighted by Gasteiger charge is -2.05. The van der Waals surface area contributed by atoms with E-state index in [0.29, 0.717) is 31.7 Å². The topological polar surface area (TPSA) is 77.2 Å². The van der Waals surface area contributed by atoms with Crippen molar-refractivity contribution in [1.29, 1.82) is 0 Å². The van der Waals surface area contributed by atoms with Gasteiger partial charge in [0.25, 0.3) is 5.91 Å². The third kappa shape index (κ3) is 3.96. The quantitative estimate of drug-likeness (QED) is 0.663.